The molecule has 0 bridgehead atoms. The van der Waals surface area contributed by atoms with E-state index in [1.54, 1.807) is 12.0 Å². The summed E-state index contributed by atoms with van der Waals surface area (Å²) in [5.41, 5.74) is 9.43. The van der Waals surface area contributed by atoms with Crippen LogP contribution < -0.4 is 20.7 Å². The molecule has 3 N–H and O–H groups in total. The number of hydrogen-bond donors (Lipinski definition) is 2. The van der Waals surface area contributed by atoms with Crippen LogP contribution in [0.15, 0.2) is 42.5 Å². The number of halogens is 1. The number of carbonyl (C=O) groups excluding carboxylic acids is 2. The fourth-order valence-electron chi connectivity index (χ4n) is 3.30. The summed E-state index contributed by atoms with van der Waals surface area (Å²) in [5.74, 6) is 0.588. The molecule has 1 atom stereocenters. The van der Waals surface area contributed by atoms with Gasteiger partial charge in [0.1, 0.15) is 5.75 Å². The molecule has 0 spiro atoms. The Morgan fingerprint density at radius 2 is 1.97 bits per heavy atom. The van der Waals surface area contributed by atoms with Gasteiger partial charge in [-0.2, -0.15) is 0 Å². The molecule has 1 aliphatic rings. The van der Waals surface area contributed by atoms with Crippen LogP contribution in [0.5, 0.6) is 5.75 Å². The molecule has 1 heterocycles. The molecular weight excluding hydrogens is 390 g/mol. The minimum Gasteiger partial charge on any atom is -0.497 e. The minimum atomic E-state index is -0.570. The zero-order valence-corrected chi connectivity index (χ0v) is 17.8. The topological polar surface area (TPSA) is 84.7 Å². The molecule has 1 aliphatic heterocycles. The van der Waals surface area contributed by atoms with Gasteiger partial charge in [-0.3, -0.25) is 9.59 Å². The molecule has 0 aromatic heterocycles. The Balaban J connectivity index is 0.00000300. The van der Waals surface area contributed by atoms with Crippen LogP contribution in [0.4, 0.5) is 11.4 Å². The van der Waals surface area contributed by atoms with E-state index in [4.69, 9.17) is 10.5 Å². The third kappa shape index (κ3) is 5.28. The lowest BCUT2D eigenvalue weighted by Crippen LogP contribution is -2.39. The van der Waals surface area contributed by atoms with Crippen LogP contribution in [-0.4, -0.2) is 31.5 Å². The number of hydrogen-bond acceptors (Lipinski definition) is 4. The zero-order valence-electron chi connectivity index (χ0n) is 17.0. The summed E-state index contributed by atoms with van der Waals surface area (Å²) in [5, 5.41) is 2.86. The van der Waals surface area contributed by atoms with Crippen LogP contribution in [-0.2, 0) is 22.4 Å². The normalized spacial score (nSPS) is 13.5. The van der Waals surface area contributed by atoms with Crippen molar-refractivity contribution in [3.05, 3.63) is 53.6 Å². The highest BCUT2D eigenvalue weighted by atomic mass is 35.5. The second kappa shape index (κ2) is 9.76. The molecule has 0 aliphatic carbocycles. The molecule has 0 fully saturated rings. The van der Waals surface area contributed by atoms with Crippen molar-refractivity contribution < 1.29 is 14.3 Å². The maximum absolute atomic E-state index is 12.9. The van der Waals surface area contributed by atoms with Gasteiger partial charge in [0.15, 0.2) is 0 Å². The van der Waals surface area contributed by atoms with Gasteiger partial charge in [0.2, 0.25) is 11.8 Å². The molecule has 6 nitrogen and oxygen atoms in total. The smallest absolute Gasteiger partial charge is 0.241 e. The van der Waals surface area contributed by atoms with E-state index in [-0.39, 0.29) is 30.1 Å². The predicted octanol–water partition coefficient (Wildman–Crippen LogP) is 3.17. The molecule has 3 rings (SSSR count). The molecule has 0 saturated heterocycles. The van der Waals surface area contributed by atoms with E-state index in [0.717, 1.165) is 29.0 Å². The minimum absolute atomic E-state index is 0. The van der Waals surface area contributed by atoms with E-state index in [9.17, 15) is 9.59 Å². The zero-order chi connectivity index (χ0) is 20.3. The van der Waals surface area contributed by atoms with Gasteiger partial charge in [0.05, 0.1) is 19.6 Å². The molecular formula is C22H28ClN3O3. The van der Waals surface area contributed by atoms with Crippen LogP contribution in [0.3, 0.4) is 0 Å². The van der Waals surface area contributed by atoms with Crippen molar-refractivity contribution in [3.63, 3.8) is 0 Å². The first-order chi connectivity index (χ1) is 13.4. The fourth-order valence-corrected chi connectivity index (χ4v) is 3.30. The SMILES string of the molecule is COc1cccc(CC(=O)N2CCc3ccc(NC(=O)[C@@H](N)C(C)C)cc32)c1.Cl. The Morgan fingerprint density at radius 1 is 1.21 bits per heavy atom. The van der Waals surface area contributed by atoms with Crippen molar-refractivity contribution in [1.29, 1.82) is 0 Å². The van der Waals surface area contributed by atoms with E-state index in [0.29, 0.717) is 18.7 Å². The monoisotopic (exact) mass is 417 g/mol. The van der Waals surface area contributed by atoms with Crippen molar-refractivity contribution in [3.8, 4) is 5.75 Å². The number of benzene rings is 2. The number of nitrogens with two attached hydrogens (primary N) is 1. The van der Waals surface area contributed by atoms with Gasteiger partial charge in [0, 0.05) is 17.9 Å². The van der Waals surface area contributed by atoms with E-state index < -0.39 is 6.04 Å². The predicted molar refractivity (Wildman–Crippen MR) is 118 cm³/mol. The highest BCUT2D eigenvalue weighted by molar-refractivity contribution is 5.99. The molecule has 0 saturated carbocycles. The highest BCUT2D eigenvalue weighted by Gasteiger charge is 2.26. The van der Waals surface area contributed by atoms with Crippen LogP contribution in [0.1, 0.15) is 25.0 Å². The highest BCUT2D eigenvalue weighted by Crippen LogP contribution is 2.31. The average molecular weight is 418 g/mol. The van der Waals surface area contributed by atoms with Gasteiger partial charge in [0.25, 0.3) is 0 Å². The summed E-state index contributed by atoms with van der Waals surface area (Å²) in [4.78, 5) is 26.9. The van der Waals surface area contributed by atoms with E-state index in [1.165, 1.54) is 0 Å². The van der Waals surface area contributed by atoms with E-state index >= 15 is 0 Å². The number of carbonyl (C=O) groups is 2. The van der Waals surface area contributed by atoms with Crippen molar-refractivity contribution in [2.75, 3.05) is 23.9 Å². The quantitative estimate of drug-likeness (QED) is 0.756. The van der Waals surface area contributed by atoms with Crippen molar-refractivity contribution in [2.45, 2.75) is 32.7 Å². The number of methoxy groups -OCH3 is 1. The van der Waals surface area contributed by atoms with Gasteiger partial charge < -0.3 is 20.7 Å². The van der Waals surface area contributed by atoms with Gasteiger partial charge in [-0.1, -0.05) is 32.0 Å². The summed E-state index contributed by atoms with van der Waals surface area (Å²) in [7, 11) is 1.61. The summed E-state index contributed by atoms with van der Waals surface area (Å²) >= 11 is 0. The Kier molecular flexibility index (Phi) is 7.65. The third-order valence-corrected chi connectivity index (χ3v) is 5.06. The van der Waals surface area contributed by atoms with Gasteiger partial charge in [-0.05, 0) is 47.7 Å². The summed E-state index contributed by atoms with van der Waals surface area (Å²) in [6.07, 6.45) is 1.10. The first-order valence-corrected chi connectivity index (χ1v) is 9.51. The Labute approximate surface area is 177 Å². The van der Waals surface area contributed by atoms with E-state index in [2.05, 4.69) is 5.32 Å². The summed E-state index contributed by atoms with van der Waals surface area (Å²) < 4.78 is 5.23. The van der Waals surface area contributed by atoms with Gasteiger partial charge >= 0.3 is 0 Å². The lowest BCUT2D eigenvalue weighted by atomic mass is 10.0. The molecule has 0 unspecified atom stereocenters. The first kappa shape index (κ1) is 22.7. The van der Waals surface area contributed by atoms with E-state index in [1.807, 2.05) is 56.3 Å². The van der Waals surface area contributed by atoms with Crippen molar-refractivity contribution in [1.82, 2.24) is 0 Å². The summed E-state index contributed by atoms with van der Waals surface area (Å²) in [6.45, 7) is 4.46. The van der Waals surface area contributed by atoms with Crippen LogP contribution in [0.25, 0.3) is 0 Å². The van der Waals surface area contributed by atoms with Gasteiger partial charge in [-0.15, -0.1) is 12.4 Å². The van der Waals surface area contributed by atoms with Crippen molar-refractivity contribution >= 4 is 35.6 Å². The largest absolute Gasteiger partial charge is 0.497 e. The molecule has 2 aromatic rings. The van der Waals surface area contributed by atoms with Crippen molar-refractivity contribution in [2.24, 2.45) is 11.7 Å². The second-order valence-electron chi connectivity index (χ2n) is 7.43. The lowest BCUT2D eigenvalue weighted by Gasteiger charge is -2.19. The molecule has 29 heavy (non-hydrogen) atoms. The number of rotatable bonds is 6. The molecule has 2 aromatic carbocycles. The lowest BCUT2D eigenvalue weighted by molar-refractivity contribution is -0.118. The first-order valence-electron chi connectivity index (χ1n) is 9.51. The Morgan fingerprint density at radius 3 is 2.66 bits per heavy atom. The number of nitrogens with one attached hydrogen (secondary N) is 1. The number of fused-ring (bicyclic) bond motifs is 1. The maximum Gasteiger partial charge on any atom is 0.241 e. The Bertz CT molecular complexity index is 885. The number of anilines is 2. The molecule has 2 amide bonds. The Hall–Kier alpha value is -2.57. The van der Waals surface area contributed by atoms with Crippen LogP contribution in [0, 0.1) is 5.92 Å². The van der Waals surface area contributed by atoms with Crippen LogP contribution in [0.2, 0.25) is 0 Å². The second-order valence-corrected chi connectivity index (χ2v) is 7.43. The maximum atomic E-state index is 12.9. The van der Waals surface area contributed by atoms with Crippen LogP contribution >= 0.6 is 12.4 Å². The average Bonchev–Trinajstić information content (AvgIpc) is 3.10. The number of amides is 2. The molecule has 0 radical (unpaired) electrons. The summed E-state index contributed by atoms with van der Waals surface area (Å²) in [6, 6.07) is 12.6. The fraction of sp³-hybridized carbons (Fsp3) is 0.364. The van der Waals surface area contributed by atoms with Gasteiger partial charge in [-0.25, -0.2) is 0 Å². The number of nitrogens with zero attached hydrogens (tertiary/aromatic N) is 1. The third-order valence-electron chi connectivity index (χ3n) is 5.06. The standard InChI is InChI=1S/C22H27N3O3.ClH/c1-14(2)21(23)22(27)24-17-8-7-16-9-10-25(19(16)13-17)20(26)12-15-5-4-6-18(11-15)28-3;/h4-8,11,13-14,21H,9-10,12,23H2,1-3H3,(H,24,27);1H/t21-;/m0./s1. The molecule has 156 valence electrons. The number of ether oxygens (including phenoxy) is 1. The molecule has 7 heteroatoms.